The first kappa shape index (κ1) is 28.2. The van der Waals surface area contributed by atoms with E-state index in [9.17, 15) is 4.79 Å². The number of fused-ring (bicyclic) bond motifs is 1. The lowest BCUT2D eigenvalue weighted by molar-refractivity contribution is -0.129. The van der Waals surface area contributed by atoms with E-state index in [2.05, 4.69) is 33.4 Å². The standard InChI is InChI=1S/C35H33BrN2O4/c36-31-14-7-6-13-30(31)32-35(23-24-9-2-1-3-10-24,34(40)37-28-21-26-11-4-5-12-27(26)22-28)38-33(42-32)25-15-17-29(18-16-25)41-20-8-19-39/h1-7,9-18,28,32,39H,8,19-23H2,(H,37,40)/t32-,35-/m1/s1. The summed E-state index contributed by atoms with van der Waals surface area (Å²) in [5, 5.41) is 12.4. The largest absolute Gasteiger partial charge is 0.494 e. The fraction of sp³-hybridized carbons (Fsp3) is 0.257. The summed E-state index contributed by atoms with van der Waals surface area (Å²) in [4.78, 5) is 19.8. The lowest BCUT2D eigenvalue weighted by atomic mass is 9.81. The van der Waals surface area contributed by atoms with Crippen LogP contribution in [-0.2, 0) is 28.8 Å². The van der Waals surface area contributed by atoms with E-state index in [-0.39, 0.29) is 18.6 Å². The molecular formula is C35H33BrN2O4. The third-order valence-electron chi connectivity index (χ3n) is 7.92. The number of nitrogens with zero attached hydrogens (tertiary/aromatic N) is 1. The van der Waals surface area contributed by atoms with Gasteiger partial charge in [-0.25, -0.2) is 4.99 Å². The number of hydrogen-bond acceptors (Lipinski definition) is 5. The molecule has 1 amide bonds. The van der Waals surface area contributed by atoms with Crippen LogP contribution in [0.2, 0.25) is 0 Å². The van der Waals surface area contributed by atoms with Crippen molar-refractivity contribution in [1.29, 1.82) is 0 Å². The summed E-state index contributed by atoms with van der Waals surface area (Å²) in [5.41, 5.74) is 3.93. The van der Waals surface area contributed by atoms with Crippen LogP contribution < -0.4 is 10.1 Å². The lowest BCUT2D eigenvalue weighted by Crippen LogP contribution is -2.53. The van der Waals surface area contributed by atoms with Gasteiger partial charge in [-0.1, -0.05) is 88.7 Å². The maximum atomic E-state index is 14.6. The van der Waals surface area contributed by atoms with Crippen molar-refractivity contribution in [1.82, 2.24) is 5.32 Å². The molecular weight excluding hydrogens is 592 g/mol. The Hall–Kier alpha value is -3.94. The van der Waals surface area contributed by atoms with E-state index >= 15 is 0 Å². The molecule has 7 heteroatoms. The van der Waals surface area contributed by atoms with Crippen molar-refractivity contribution in [3.05, 3.63) is 135 Å². The first-order chi connectivity index (χ1) is 20.6. The molecule has 0 fully saturated rings. The molecule has 0 saturated heterocycles. The third-order valence-corrected chi connectivity index (χ3v) is 8.64. The molecule has 0 aromatic heterocycles. The highest BCUT2D eigenvalue weighted by Crippen LogP contribution is 2.45. The molecule has 1 aliphatic heterocycles. The number of ether oxygens (including phenoxy) is 2. The Morgan fingerprint density at radius 2 is 1.60 bits per heavy atom. The molecule has 0 unspecified atom stereocenters. The highest BCUT2D eigenvalue weighted by molar-refractivity contribution is 9.10. The van der Waals surface area contributed by atoms with Crippen molar-refractivity contribution in [3.8, 4) is 5.75 Å². The van der Waals surface area contributed by atoms with E-state index < -0.39 is 11.6 Å². The molecule has 42 heavy (non-hydrogen) atoms. The Labute approximate surface area is 254 Å². The van der Waals surface area contributed by atoms with Crippen LogP contribution in [0, 0.1) is 0 Å². The molecule has 0 radical (unpaired) electrons. The minimum atomic E-state index is -1.24. The molecule has 0 spiro atoms. The number of amides is 1. The van der Waals surface area contributed by atoms with E-state index in [1.54, 1.807) is 0 Å². The van der Waals surface area contributed by atoms with Gasteiger partial charge in [-0.2, -0.15) is 0 Å². The number of halogens is 1. The minimum absolute atomic E-state index is 0.0167. The van der Waals surface area contributed by atoms with Crippen LogP contribution in [0.25, 0.3) is 0 Å². The summed E-state index contributed by atoms with van der Waals surface area (Å²) < 4.78 is 13.3. The highest BCUT2D eigenvalue weighted by Gasteiger charge is 2.54. The second kappa shape index (κ2) is 12.5. The monoisotopic (exact) mass is 624 g/mol. The first-order valence-electron chi connectivity index (χ1n) is 14.3. The van der Waals surface area contributed by atoms with Gasteiger partial charge in [0.1, 0.15) is 5.75 Å². The highest BCUT2D eigenvalue weighted by atomic mass is 79.9. The average Bonchev–Trinajstić information content (AvgIpc) is 3.60. The molecule has 2 N–H and O–H groups in total. The van der Waals surface area contributed by atoms with Gasteiger partial charge in [0.05, 0.1) is 6.61 Å². The van der Waals surface area contributed by atoms with Gasteiger partial charge in [0.25, 0.3) is 5.91 Å². The number of carbonyl (C=O) groups excluding carboxylic acids is 1. The Balaban J connectivity index is 1.39. The molecule has 4 aromatic carbocycles. The number of aliphatic hydroxyl groups is 1. The maximum absolute atomic E-state index is 14.6. The Kier molecular flexibility index (Phi) is 8.40. The Morgan fingerprint density at radius 1 is 0.929 bits per heavy atom. The maximum Gasteiger partial charge on any atom is 0.252 e. The van der Waals surface area contributed by atoms with Crippen molar-refractivity contribution in [2.24, 2.45) is 4.99 Å². The van der Waals surface area contributed by atoms with Crippen molar-refractivity contribution < 1.29 is 19.4 Å². The predicted molar refractivity (Wildman–Crippen MR) is 167 cm³/mol. The second-order valence-corrected chi connectivity index (χ2v) is 11.7. The predicted octanol–water partition coefficient (Wildman–Crippen LogP) is 5.99. The van der Waals surface area contributed by atoms with Crippen LogP contribution in [0.15, 0.2) is 113 Å². The number of carbonyl (C=O) groups is 1. The van der Waals surface area contributed by atoms with Crippen molar-refractivity contribution in [2.45, 2.75) is 43.4 Å². The smallest absolute Gasteiger partial charge is 0.252 e. The Bertz CT molecular complexity index is 1550. The normalized spacial score (nSPS) is 19.6. The molecule has 214 valence electrons. The van der Waals surface area contributed by atoms with Crippen LogP contribution >= 0.6 is 15.9 Å². The van der Waals surface area contributed by atoms with Gasteiger partial charge in [-0.05, 0) is 59.9 Å². The number of aliphatic imine (C=N–C) groups is 1. The summed E-state index contributed by atoms with van der Waals surface area (Å²) in [5.74, 6) is 0.963. The summed E-state index contributed by atoms with van der Waals surface area (Å²) in [7, 11) is 0. The van der Waals surface area contributed by atoms with Crippen LogP contribution in [0.4, 0.5) is 0 Å². The van der Waals surface area contributed by atoms with Gasteiger partial charge >= 0.3 is 0 Å². The van der Waals surface area contributed by atoms with E-state index in [1.807, 2.05) is 91.0 Å². The summed E-state index contributed by atoms with van der Waals surface area (Å²) >= 11 is 3.72. The van der Waals surface area contributed by atoms with Crippen LogP contribution in [0.5, 0.6) is 5.75 Å². The second-order valence-electron chi connectivity index (χ2n) is 10.8. The Morgan fingerprint density at radius 3 is 2.29 bits per heavy atom. The zero-order valence-electron chi connectivity index (χ0n) is 23.2. The summed E-state index contributed by atoms with van der Waals surface area (Å²) in [6.07, 6.45) is 1.86. The number of rotatable bonds is 10. The fourth-order valence-corrected chi connectivity index (χ4v) is 6.32. The number of aliphatic hydroxyl groups excluding tert-OH is 1. The van der Waals surface area contributed by atoms with Gasteiger partial charge in [0.2, 0.25) is 5.90 Å². The van der Waals surface area contributed by atoms with Crippen LogP contribution in [-0.4, -0.2) is 41.7 Å². The van der Waals surface area contributed by atoms with E-state index in [4.69, 9.17) is 19.6 Å². The number of nitrogens with one attached hydrogen (secondary N) is 1. The molecule has 2 aliphatic rings. The first-order valence-corrected chi connectivity index (χ1v) is 15.1. The quantitative estimate of drug-likeness (QED) is 0.212. The van der Waals surface area contributed by atoms with Crippen LogP contribution in [0.1, 0.15) is 40.3 Å². The molecule has 6 rings (SSSR count). The zero-order valence-corrected chi connectivity index (χ0v) is 24.8. The van der Waals surface area contributed by atoms with Gasteiger partial charge in [-0.3, -0.25) is 4.79 Å². The van der Waals surface area contributed by atoms with Crippen molar-refractivity contribution >= 4 is 27.7 Å². The third kappa shape index (κ3) is 5.85. The lowest BCUT2D eigenvalue weighted by Gasteiger charge is -2.32. The van der Waals surface area contributed by atoms with E-state index in [0.717, 1.165) is 34.0 Å². The molecule has 4 aromatic rings. The molecule has 2 atom stereocenters. The topological polar surface area (TPSA) is 80.2 Å². The van der Waals surface area contributed by atoms with Gasteiger partial charge in [0.15, 0.2) is 11.6 Å². The molecule has 0 bridgehead atoms. The van der Waals surface area contributed by atoms with Crippen molar-refractivity contribution in [3.63, 3.8) is 0 Å². The summed E-state index contributed by atoms with van der Waals surface area (Å²) in [6, 6.07) is 33.7. The van der Waals surface area contributed by atoms with Crippen molar-refractivity contribution in [2.75, 3.05) is 13.2 Å². The molecule has 1 aliphatic carbocycles. The minimum Gasteiger partial charge on any atom is -0.494 e. The van der Waals surface area contributed by atoms with Crippen LogP contribution in [0.3, 0.4) is 0 Å². The SMILES string of the molecule is O=C(NC1Cc2ccccc2C1)[C@]1(Cc2ccccc2)N=C(c2ccc(OCCCO)cc2)O[C@@H]1c1ccccc1Br. The fourth-order valence-electron chi connectivity index (χ4n) is 5.83. The van der Waals surface area contributed by atoms with Gasteiger partial charge in [0, 0.05) is 41.1 Å². The van der Waals surface area contributed by atoms with E-state index in [1.165, 1.54) is 11.1 Å². The van der Waals surface area contributed by atoms with Gasteiger partial charge in [-0.15, -0.1) is 0 Å². The average molecular weight is 626 g/mol. The molecule has 1 heterocycles. The summed E-state index contributed by atoms with van der Waals surface area (Å²) in [6.45, 7) is 0.514. The number of hydrogen-bond donors (Lipinski definition) is 2. The van der Waals surface area contributed by atoms with Gasteiger partial charge < -0.3 is 19.9 Å². The number of benzene rings is 4. The molecule has 0 saturated carbocycles. The molecule has 6 nitrogen and oxygen atoms in total. The zero-order chi connectivity index (χ0) is 28.9. The van der Waals surface area contributed by atoms with E-state index in [0.29, 0.717) is 31.1 Å².